The van der Waals surface area contributed by atoms with Crippen molar-refractivity contribution < 1.29 is 19.0 Å². The maximum absolute atomic E-state index is 12.3. The van der Waals surface area contributed by atoms with Gasteiger partial charge in [0, 0.05) is 0 Å². The lowest BCUT2D eigenvalue weighted by molar-refractivity contribution is 0.0302. The Morgan fingerprint density at radius 3 is 2.37 bits per heavy atom. The van der Waals surface area contributed by atoms with Crippen LogP contribution in [0.5, 0.6) is 0 Å². The van der Waals surface area contributed by atoms with Crippen LogP contribution in [0.3, 0.4) is 0 Å². The van der Waals surface area contributed by atoms with E-state index in [0.29, 0.717) is 19.8 Å². The molecule has 0 radical (unpaired) electrons. The molecule has 1 aliphatic heterocycles. The fourth-order valence-electron chi connectivity index (χ4n) is 3.91. The van der Waals surface area contributed by atoms with E-state index in [1.54, 1.807) is 6.92 Å². The first-order valence-corrected chi connectivity index (χ1v) is 10.7. The van der Waals surface area contributed by atoms with Crippen molar-refractivity contribution >= 4 is 12.2 Å². The smallest absolute Gasteiger partial charge is 0.430 e. The van der Waals surface area contributed by atoms with Crippen molar-refractivity contribution in [3.8, 4) is 0 Å². The Labute approximate surface area is 177 Å². The lowest BCUT2D eigenvalue weighted by atomic mass is 9.91. The van der Waals surface area contributed by atoms with E-state index >= 15 is 0 Å². The highest BCUT2D eigenvalue weighted by Crippen LogP contribution is 2.30. The van der Waals surface area contributed by atoms with Crippen LogP contribution in [0.2, 0.25) is 0 Å². The van der Waals surface area contributed by atoms with Gasteiger partial charge < -0.3 is 14.2 Å². The molecule has 1 unspecified atom stereocenters. The van der Waals surface area contributed by atoms with E-state index in [1.165, 1.54) is 27.3 Å². The van der Waals surface area contributed by atoms with Crippen LogP contribution in [0.25, 0.3) is 0 Å². The standard InChI is InChI=1S/C24H28N2O4/c1-3-28-23-25-26(24(27)29-4-2)16-22(30-23)21-15-19-10-9-17-5-7-18(8-6-17)11-13-20(21)14-12-19/h5-8,12,14-15,22H,3-4,9-11,13,16H2,1-2H3. The van der Waals surface area contributed by atoms with Crippen LogP contribution in [-0.2, 0) is 39.9 Å². The molecule has 5 aliphatic rings. The molecule has 0 spiro atoms. The number of rotatable bonds is 3. The molecule has 2 aromatic rings. The molecule has 0 fully saturated rings. The van der Waals surface area contributed by atoms with Crippen LogP contribution in [0.4, 0.5) is 4.79 Å². The van der Waals surface area contributed by atoms with E-state index in [-0.39, 0.29) is 12.2 Å². The first-order chi connectivity index (χ1) is 14.7. The average Bonchev–Trinajstić information content (AvgIpc) is 2.76. The van der Waals surface area contributed by atoms with Crippen molar-refractivity contribution in [3.05, 3.63) is 70.3 Å². The van der Waals surface area contributed by atoms with E-state index in [0.717, 1.165) is 31.2 Å². The van der Waals surface area contributed by atoms with Crippen LogP contribution in [0, 0.1) is 0 Å². The fraction of sp³-hybridized carbons (Fsp3) is 0.417. The largest absolute Gasteiger partial charge is 0.450 e. The number of carbonyl (C=O) groups excluding carboxylic acids is 1. The predicted octanol–water partition coefficient (Wildman–Crippen LogP) is 4.41. The van der Waals surface area contributed by atoms with Crippen molar-refractivity contribution in [2.24, 2.45) is 5.10 Å². The van der Waals surface area contributed by atoms with Crippen LogP contribution in [0.1, 0.15) is 47.8 Å². The third kappa shape index (κ3) is 4.58. The van der Waals surface area contributed by atoms with Gasteiger partial charge in [0.05, 0.1) is 19.8 Å². The number of carbonyl (C=O) groups is 1. The minimum Gasteiger partial charge on any atom is -0.450 e. The third-order valence-electron chi connectivity index (χ3n) is 5.50. The van der Waals surface area contributed by atoms with E-state index < -0.39 is 6.09 Å². The molecule has 6 nitrogen and oxygen atoms in total. The highest BCUT2D eigenvalue weighted by atomic mass is 16.7. The zero-order valence-electron chi connectivity index (χ0n) is 17.6. The van der Waals surface area contributed by atoms with Crippen molar-refractivity contribution in [3.63, 3.8) is 0 Å². The Balaban J connectivity index is 1.65. The van der Waals surface area contributed by atoms with E-state index in [2.05, 4.69) is 47.6 Å². The molecule has 30 heavy (non-hydrogen) atoms. The molecular weight excluding hydrogens is 380 g/mol. The number of hydrazone groups is 1. The lowest BCUT2D eigenvalue weighted by Gasteiger charge is -2.30. The zero-order valence-corrected chi connectivity index (χ0v) is 17.6. The fourth-order valence-corrected chi connectivity index (χ4v) is 3.91. The van der Waals surface area contributed by atoms with Crippen molar-refractivity contribution in [2.45, 2.75) is 45.6 Å². The van der Waals surface area contributed by atoms with Gasteiger partial charge in [0.2, 0.25) is 0 Å². The second-order valence-corrected chi connectivity index (χ2v) is 7.54. The molecule has 158 valence electrons. The summed E-state index contributed by atoms with van der Waals surface area (Å²) in [6.45, 7) is 4.63. The molecule has 6 heteroatoms. The van der Waals surface area contributed by atoms with Gasteiger partial charge in [0.15, 0.2) is 0 Å². The van der Waals surface area contributed by atoms with Gasteiger partial charge in [-0.2, -0.15) is 5.01 Å². The Morgan fingerprint density at radius 1 is 1.00 bits per heavy atom. The molecule has 0 aromatic heterocycles. The van der Waals surface area contributed by atoms with Gasteiger partial charge in [-0.25, -0.2) is 4.79 Å². The van der Waals surface area contributed by atoms with Gasteiger partial charge in [0.25, 0.3) is 0 Å². The maximum Gasteiger partial charge on any atom is 0.430 e. The summed E-state index contributed by atoms with van der Waals surface area (Å²) in [5.74, 6) is 0. The van der Waals surface area contributed by atoms with Crippen LogP contribution >= 0.6 is 0 Å². The summed E-state index contributed by atoms with van der Waals surface area (Å²) >= 11 is 0. The lowest BCUT2D eigenvalue weighted by Crippen LogP contribution is -2.38. The molecule has 4 aliphatic carbocycles. The minimum absolute atomic E-state index is 0.106. The van der Waals surface area contributed by atoms with Crippen molar-refractivity contribution in [2.75, 3.05) is 19.8 Å². The first kappa shape index (κ1) is 20.3. The van der Waals surface area contributed by atoms with Crippen LogP contribution in [-0.4, -0.2) is 36.9 Å². The highest BCUT2D eigenvalue weighted by Gasteiger charge is 2.31. The Bertz CT molecular complexity index is 923. The molecule has 0 N–H and O–H groups in total. The SMILES string of the molecule is CCOC(=O)N1CC(c2cc3ccc2CCc2ccc(cc2)CC3)OC(OCC)=N1. The number of hydrogen-bond donors (Lipinski definition) is 0. The summed E-state index contributed by atoms with van der Waals surface area (Å²) in [5, 5.41) is 5.48. The summed E-state index contributed by atoms with van der Waals surface area (Å²) in [5.41, 5.74) is 6.23. The average molecular weight is 408 g/mol. The number of hydrogen-bond acceptors (Lipinski definition) is 5. The summed E-state index contributed by atoms with van der Waals surface area (Å²) in [6, 6.07) is 15.5. The molecule has 1 atom stereocenters. The van der Waals surface area contributed by atoms with Crippen molar-refractivity contribution in [1.29, 1.82) is 0 Å². The number of aryl methyl sites for hydroxylation is 4. The molecule has 1 amide bonds. The summed E-state index contributed by atoms with van der Waals surface area (Å²) in [7, 11) is 0. The second-order valence-electron chi connectivity index (χ2n) is 7.54. The number of nitrogens with zero attached hydrogens (tertiary/aromatic N) is 2. The van der Waals surface area contributed by atoms with Gasteiger partial charge >= 0.3 is 12.2 Å². The van der Waals surface area contributed by atoms with Crippen molar-refractivity contribution in [1.82, 2.24) is 5.01 Å². The van der Waals surface area contributed by atoms with Crippen LogP contribution in [0.15, 0.2) is 47.6 Å². The Hall–Kier alpha value is -3.02. The van der Waals surface area contributed by atoms with Gasteiger partial charge in [-0.1, -0.05) is 47.6 Å². The van der Waals surface area contributed by atoms with Gasteiger partial charge in [0.1, 0.15) is 6.10 Å². The molecule has 2 aromatic carbocycles. The van der Waals surface area contributed by atoms with E-state index in [9.17, 15) is 4.79 Å². The number of benzene rings is 2. The highest BCUT2D eigenvalue weighted by molar-refractivity contribution is 5.74. The molecule has 0 saturated carbocycles. The second kappa shape index (κ2) is 9.20. The quantitative estimate of drug-likeness (QED) is 0.755. The molecular formula is C24H28N2O4. The van der Waals surface area contributed by atoms with Gasteiger partial charge in [-0.3, -0.25) is 0 Å². The normalized spacial score (nSPS) is 18.1. The molecule has 0 saturated heterocycles. The number of amides is 1. The van der Waals surface area contributed by atoms with Gasteiger partial charge in [-0.15, -0.1) is 0 Å². The first-order valence-electron chi connectivity index (χ1n) is 10.7. The Morgan fingerprint density at radius 2 is 1.67 bits per heavy atom. The minimum atomic E-state index is -0.491. The molecule has 4 bridgehead atoms. The predicted molar refractivity (Wildman–Crippen MR) is 114 cm³/mol. The van der Waals surface area contributed by atoms with E-state index in [4.69, 9.17) is 14.2 Å². The summed E-state index contributed by atoms with van der Waals surface area (Å²) in [6.07, 6.45) is 3.05. The topological polar surface area (TPSA) is 60.4 Å². The maximum atomic E-state index is 12.3. The monoisotopic (exact) mass is 408 g/mol. The zero-order chi connectivity index (χ0) is 20.9. The third-order valence-corrected chi connectivity index (χ3v) is 5.50. The van der Waals surface area contributed by atoms with E-state index in [1.807, 2.05) is 6.92 Å². The number of ether oxygens (including phenoxy) is 3. The van der Waals surface area contributed by atoms with Crippen LogP contribution < -0.4 is 0 Å². The molecule has 7 rings (SSSR count). The Kier molecular flexibility index (Phi) is 6.21. The van der Waals surface area contributed by atoms with Gasteiger partial charge in [-0.05, 0) is 67.3 Å². The summed E-state index contributed by atoms with van der Waals surface area (Å²) < 4.78 is 16.7. The molecule has 1 heterocycles. The summed E-state index contributed by atoms with van der Waals surface area (Å²) in [4.78, 5) is 12.3.